The van der Waals surface area contributed by atoms with Gasteiger partial charge < -0.3 is 9.88 Å². The molecule has 0 atom stereocenters. The van der Waals surface area contributed by atoms with E-state index in [0.717, 1.165) is 31.7 Å². The first-order chi connectivity index (χ1) is 10.3. The number of fused-ring (bicyclic) bond motifs is 1. The lowest BCUT2D eigenvalue weighted by Crippen LogP contribution is -2.44. The third-order valence-corrected chi connectivity index (χ3v) is 4.16. The van der Waals surface area contributed by atoms with Gasteiger partial charge in [0.2, 0.25) is 0 Å². The van der Waals surface area contributed by atoms with Crippen molar-refractivity contribution in [1.29, 1.82) is 0 Å². The Bertz CT molecular complexity index is 669. The average Bonchev–Trinajstić information content (AvgIpc) is 2.80. The number of likely N-dealkylation sites (N-methyl/N-ethyl adjacent to an activating group) is 1. The number of aryl methyl sites for hydroxylation is 1. The van der Waals surface area contributed by atoms with E-state index in [2.05, 4.69) is 19.8 Å². The van der Waals surface area contributed by atoms with Gasteiger partial charge in [0.05, 0.1) is 0 Å². The van der Waals surface area contributed by atoms with Crippen LogP contribution in [0.5, 0.6) is 0 Å². The van der Waals surface area contributed by atoms with Gasteiger partial charge in [0.1, 0.15) is 11.3 Å². The monoisotopic (exact) mass is 312 g/mol. The molecule has 0 radical (unpaired) electrons. The van der Waals surface area contributed by atoms with Gasteiger partial charge in [0.15, 0.2) is 0 Å². The van der Waals surface area contributed by atoms with Crippen molar-refractivity contribution in [2.75, 3.05) is 33.2 Å². The largest absolute Gasteiger partial charge is 0.431 e. The van der Waals surface area contributed by atoms with E-state index in [-0.39, 0.29) is 0 Å². The fraction of sp³-hybridized carbons (Fsp3) is 0.533. The maximum atomic E-state index is 13.3. The van der Waals surface area contributed by atoms with E-state index in [0.29, 0.717) is 23.1 Å². The van der Waals surface area contributed by atoms with Gasteiger partial charge in [-0.1, -0.05) is 0 Å². The number of aromatic amines is 1. The van der Waals surface area contributed by atoms with Gasteiger partial charge in [-0.05, 0) is 25.6 Å². The van der Waals surface area contributed by atoms with E-state index >= 15 is 0 Å². The molecule has 0 unspecified atom stereocenters. The number of aromatic nitrogens is 2. The van der Waals surface area contributed by atoms with Crippen LogP contribution in [0.4, 0.5) is 13.2 Å². The summed E-state index contributed by atoms with van der Waals surface area (Å²) in [6.07, 6.45) is -2.81. The van der Waals surface area contributed by atoms with E-state index in [1.54, 1.807) is 12.3 Å². The molecule has 3 heterocycles. The highest BCUT2D eigenvalue weighted by molar-refractivity contribution is 5.82. The van der Waals surface area contributed by atoms with Crippen LogP contribution in [0, 0.1) is 6.92 Å². The molecule has 22 heavy (non-hydrogen) atoms. The van der Waals surface area contributed by atoms with Crippen molar-refractivity contribution in [3.63, 3.8) is 0 Å². The predicted octanol–water partition coefficient (Wildman–Crippen LogP) is 2.64. The number of hydrogen-bond acceptors (Lipinski definition) is 3. The van der Waals surface area contributed by atoms with E-state index in [4.69, 9.17) is 0 Å². The van der Waals surface area contributed by atoms with Gasteiger partial charge in [-0.2, -0.15) is 13.2 Å². The Morgan fingerprint density at radius 3 is 2.55 bits per heavy atom. The summed E-state index contributed by atoms with van der Waals surface area (Å²) in [7, 11) is 2.03. The lowest BCUT2D eigenvalue weighted by atomic mass is 10.1. The maximum Gasteiger partial charge on any atom is 0.431 e. The Morgan fingerprint density at radius 2 is 1.91 bits per heavy atom. The molecule has 2 aromatic rings. The molecule has 0 saturated carbocycles. The Labute approximate surface area is 126 Å². The number of pyridine rings is 1. The molecule has 1 aliphatic rings. The van der Waals surface area contributed by atoms with Crippen LogP contribution in [0.15, 0.2) is 12.3 Å². The molecule has 1 saturated heterocycles. The minimum absolute atomic E-state index is 0.299. The van der Waals surface area contributed by atoms with Gasteiger partial charge in [0, 0.05) is 49.9 Å². The second-order valence-electron chi connectivity index (χ2n) is 5.96. The van der Waals surface area contributed by atoms with Crippen LogP contribution in [0.1, 0.15) is 16.8 Å². The third kappa shape index (κ3) is 2.96. The second-order valence-corrected chi connectivity index (χ2v) is 5.96. The van der Waals surface area contributed by atoms with Crippen LogP contribution < -0.4 is 0 Å². The third-order valence-electron chi connectivity index (χ3n) is 4.16. The second kappa shape index (κ2) is 5.55. The molecule has 0 bridgehead atoms. The van der Waals surface area contributed by atoms with Crippen molar-refractivity contribution >= 4 is 11.0 Å². The normalized spacial score (nSPS) is 18.2. The van der Waals surface area contributed by atoms with Gasteiger partial charge in [-0.15, -0.1) is 0 Å². The quantitative estimate of drug-likeness (QED) is 0.926. The van der Waals surface area contributed by atoms with E-state index in [9.17, 15) is 13.2 Å². The van der Waals surface area contributed by atoms with Gasteiger partial charge in [-0.3, -0.25) is 4.90 Å². The molecule has 0 aliphatic carbocycles. The van der Waals surface area contributed by atoms with Crippen LogP contribution in [-0.4, -0.2) is 53.0 Å². The number of hydrogen-bond donors (Lipinski definition) is 1. The van der Waals surface area contributed by atoms with Crippen LogP contribution in [0.25, 0.3) is 11.0 Å². The zero-order valence-electron chi connectivity index (χ0n) is 12.7. The molecule has 2 aromatic heterocycles. The molecular formula is C15H19F3N4. The highest BCUT2D eigenvalue weighted by Crippen LogP contribution is 2.36. The first kappa shape index (κ1) is 15.3. The number of alkyl halides is 3. The standard InChI is InChI=1S/C15H19F3N4/c1-10-7-11-12(9-22-5-3-21(2)4-6-22)13(15(16,17)18)20-14(11)19-8-10/h7-8H,3-6,9H2,1-2H3,(H,19,20). The summed E-state index contributed by atoms with van der Waals surface area (Å²) in [4.78, 5) is 10.8. The zero-order valence-corrected chi connectivity index (χ0v) is 12.7. The fourth-order valence-corrected chi connectivity index (χ4v) is 2.86. The number of piperazine rings is 1. The highest BCUT2D eigenvalue weighted by atomic mass is 19.4. The summed E-state index contributed by atoms with van der Waals surface area (Å²) in [6, 6.07) is 1.78. The van der Waals surface area contributed by atoms with Crippen LogP contribution in [0.3, 0.4) is 0 Å². The molecule has 7 heteroatoms. The summed E-state index contributed by atoms with van der Waals surface area (Å²) < 4.78 is 40.0. The molecule has 4 nitrogen and oxygen atoms in total. The smallest absolute Gasteiger partial charge is 0.335 e. The van der Waals surface area contributed by atoms with Crippen molar-refractivity contribution in [3.8, 4) is 0 Å². The van der Waals surface area contributed by atoms with Crippen LogP contribution in [-0.2, 0) is 12.7 Å². The average molecular weight is 312 g/mol. The summed E-state index contributed by atoms with van der Waals surface area (Å²) in [5, 5.41) is 0.575. The van der Waals surface area contributed by atoms with E-state index < -0.39 is 11.9 Å². The van der Waals surface area contributed by atoms with Gasteiger partial charge >= 0.3 is 6.18 Å². The van der Waals surface area contributed by atoms with Gasteiger partial charge in [-0.25, -0.2) is 4.98 Å². The molecule has 0 amide bonds. The SMILES string of the molecule is Cc1cnc2[nH]c(C(F)(F)F)c(CN3CCN(C)CC3)c2c1. The summed E-state index contributed by atoms with van der Waals surface area (Å²) in [5.41, 5.74) is 0.810. The minimum Gasteiger partial charge on any atom is -0.335 e. The van der Waals surface area contributed by atoms with Crippen molar-refractivity contribution in [2.24, 2.45) is 0 Å². The highest BCUT2D eigenvalue weighted by Gasteiger charge is 2.37. The van der Waals surface area contributed by atoms with Crippen molar-refractivity contribution in [2.45, 2.75) is 19.6 Å². The molecule has 120 valence electrons. The first-order valence-corrected chi connectivity index (χ1v) is 7.30. The van der Waals surface area contributed by atoms with Crippen LogP contribution in [0.2, 0.25) is 0 Å². The summed E-state index contributed by atoms with van der Waals surface area (Å²) in [6.45, 7) is 5.45. The first-order valence-electron chi connectivity index (χ1n) is 7.30. The number of halogens is 3. The minimum atomic E-state index is -4.39. The molecule has 1 fully saturated rings. The number of nitrogens with one attached hydrogen (secondary N) is 1. The molecule has 3 rings (SSSR count). The fourth-order valence-electron chi connectivity index (χ4n) is 2.86. The molecule has 1 aliphatic heterocycles. The van der Waals surface area contributed by atoms with Gasteiger partial charge in [0.25, 0.3) is 0 Å². The van der Waals surface area contributed by atoms with Crippen LogP contribution >= 0.6 is 0 Å². The van der Waals surface area contributed by atoms with Crippen molar-refractivity contribution in [1.82, 2.24) is 19.8 Å². The van der Waals surface area contributed by atoms with E-state index in [1.165, 1.54) is 0 Å². The number of H-pyrrole nitrogens is 1. The number of nitrogens with zero attached hydrogens (tertiary/aromatic N) is 3. The zero-order chi connectivity index (χ0) is 15.9. The summed E-state index contributed by atoms with van der Waals surface area (Å²) in [5.74, 6) is 0. The Morgan fingerprint density at radius 1 is 1.23 bits per heavy atom. The van der Waals surface area contributed by atoms with Crippen molar-refractivity contribution in [3.05, 3.63) is 29.1 Å². The Balaban J connectivity index is 2.00. The molecule has 1 N–H and O–H groups in total. The Kier molecular flexibility index (Phi) is 3.86. The summed E-state index contributed by atoms with van der Waals surface area (Å²) >= 11 is 0. The van der Waals surface area contributed by atoms with E-state index in [1.807, 2.05) is 14.0 Å². The Hall–Kier alpha value is -1.60. The maximum absolute atomic E-state index is 13.3. The molecular weight excluding hydrogens is 293 g/mol. The molecule has 0 spiro atoms. The number of rotatable bonds is 2. The van der Waals surface area contributed by atoms with Crippen molar-refractivity contribution < 1.29 is 13.2 Å². The molecule has 0 aromatic carbocycles. The lowest BCUT2D eigenvalue weighted by Gasteiger charge is -2.32. The lowest BCUT2D eigenvalue weighted by molar-refractivity contribution is -0.141. The topological polar surface area (TPSA) is 35.2 Å². The predicted molar refractivity (Wildman–Crippen MR) is 78.6 cm³/mol.